The molecule has 8 heteroatoms. The summed E-state index contributed by atoms with van der Waals surface area (Å²) in [7, 11) is -3.42. The van der Waals surface area contributed by atoms with E-state index in [1.807, 2.05) is 32.0 Å². The van der Waals surface area contributed by atoms with Gasteiger partial charge in [-0.15, -0.1) is 0 Å². The highest BCUT2D eigenvalue weighted by Crippen LogP contribution is 2.21. The summed E-state index contributed by atoms with van der Waals surface area (Å²) in [5, 5.41) is 2.80. The van der Waals surface area contributed by atoms with Crippen LogP contribution in [0.2, 0.25) is 0 Å². The standard InChI is InChI=1S/C21H27BrN2O4S/c1-16-6-11-20(15-17(16)2)28-14-12-23-21(25)5-4-13-24(29(3,26)27)19-9-7-18(22)8-10-19/h6-11,15H,4-5,12-14H2,1-3H3,(H,23,25). The number of aryl methyl sites for hydroxylation is 2. The van der Waals surface area contributed by atoms with Gasteiger partial charge in [-0.3, -0.25) is 9.10 Å². The highest BCUT2D eigenvalue weighted by atomic mass is 79.9. The van der Waals surface area contributed by atoms with Gasteiger partial charge in [0.2, 0.25) is 15.9 Å². The van der Waals surface area contributed by atoms with Crippen LogP contribution < -0.4 is 14.4 Å². The zero-order chi connectivity index (χ0) is 21.4. The summed E-state index contributed by atoms with van der Waals surface area (Å²) in [6.07, 6.45) is 1.83. The molecular weight excluding hydrogens is 456 g/mol. The molecule has 6 nitrogen and oxygen atoms in total. The Morgan fingerprint density at radius 3 is 2.41 bits per heavy atom. The number of halogens is 1. The third-order valence-electron chi connectivity index (χ3n) is 4.45. The van der Waals surface area contributed by atoms with Gasteiger partial charge in [-0.05, 0) is 67.8 Å². The number of ether oxygens (including phenoxy) is 1. The first kappa shape index (κ1) is 23.2. The molecular formula is C21H27BrN2O4S. The number of sulfonamides is 1. The molecule has 1 amide bonds. The van der Waals surface area contributed by atoms with Crippen LogP contribution in [0, 0.1) is 13.8 Å². The summed E-state index contributed by atoms with van der Waals surface area (Å²) in [5.74, 6) is 0.651. The topological polar surface area (TPSA) is 75.7 Å². The molecule has 2 rings (SSSR count). The first-order chi connectivity index (χ1) is 13.7. The van der Waals surface area contributed by atoms with Gasteiger partial charge in [-0.2, -0.15) is 0 Å². The maximum absolute atomic E-state index is 12.1. The normalized spacial score (nSPS) is 11.2. The van der Waals surface area contributed by atoms with Crippen LogP contribution in [0.4, 0.5) is 5.69 Å². The summed E-state index contributed by atoms with van der Waals surface area (Å²) in [6.45, 7) is 5.09. The molecule has 0 aromatic heterocycles. The van der Waals surface area contributed by atoms with Crippen LogP contribution in [0.15, 0.2) is 46.9 Å². The summed E-state index contributed by atoms with van der Waals surface area (Å²) in [4.78, 5) is 12.0. The predicted octanol–water partition coefficient (Wildman–Crippen LogP) is 3.81. The number of nitrogens with zero attached hydrogens (tertiary/aromatic N) is 1. The zero-order valence-electron chi connectivity index (χ0n) is 16.9. The molecule has 0 aliphatic rings. The third kappa shape index (κ3) is 7.70. The van der Waals surface area contributed by atoms with Gasteiger partial charge in [0.05, 0.1) is 18.5 Å². The van der Waals surface area contributed by atoms with Gasteiger partial charge >= 0.3 is 0 Å². The Morgan fingerprint density at radius 1 is 1.10 bits per heavy atom. The van der Waals surface area contributed by atoms with E-state index in [-0.39, 0.29) is 18.9 Å². The van der Waals surface area contributed by atoms with E-state index in [0.717, 1.165) is 15.8 Å². The largest absolute Gasteiger partial charge is 0.492 e. The second kappa shape index (κ2) is 10.6. The smallest absolute Gasteiger partial charge is 0.232 e. The summed E-state index contributed by atoms with van der Waals surface area (Å²) < 4.78 is 32.0. The lowest BCUT2D eigenvalue weighted by Crippen LogP contribution is -2.32. The Morgan fingerprint density at radius 2 is 1.79 bits per heavy atom. The number of hydrogen-bond donors (Lipinski definition) is 1. The molecule has 0 saturated heterocycles. The van der Waals surface area contributed by atoms with Crippen molar-refractivity contribution < 1.29 is 17.9 Å². The minimum atomic E-state index is -3.42. The van der Waals surface area contributed by atoms with Crippen LogP contribution in [-0.4, -0.2) is 40.3 Å². The molecule has 2 aromatic carbocycles. The van der Waals surface area contributed by atoms with Crippen molar-refractivity contribution in [3.63, 3.8) is 0 Å². The molecule has 0 saturated carbocycles. The first-order valence-electron chi connectivity index (χ1n) is 9.37. The van der Waals surface area contributed by atoms with Crippen molar-refractivity contribution in [2.24, 2.45) is 0 Å². The molecule has 0 radical (unpaired) electrons. The fraction of sp³-hybridized carbons (Fsp3) is 0.381. The molecule has 2 aromatic rings. The van der Waals surface area contributed by atoms with Crippen LogP contribution in [0.1, 0.15) is 24.0 Å². The van der Waals surface area contributed by atoms with Gasteiger partial charge < -0.3 is 10.1 Å². The Labute approximate surface area is 181 Å². The van der Waals surface area contributed by atoms with E-state index in [1.165, 1.54) is 16.1 Å². The summed E-state index contributed by atoms with van der Waals surface area (Å²) >= 11 is 3.34. The predicted molar refractivity (Wildman–Crippen MR) is 120 cm³/mol. The molecule has 29 heavy (non-hydrogen) atoms. The lowest BCUT2D eigenvalue weighted by molar-refractivity contribution is -0.121. The van der Waals surface area contributed by atoms with E-state index in [4.69, 9.17) is 4.74 Å². The maximum atomic E-state index is 12.1. The van der Waals surface area contributed by atoms with Crippen molar-refractivity contribution in [3.8, 4) is 5.75 Å². The van der Waals surface area contributed by atoms with Gasteiger partial charge in [0.25, 0.3) is 0 Å². The number of nitrogens with one attached hydrogen (secondary N) is 1. The van der Waals surface area contributed by atoms with Crippen LogP contribution in [0.3, 0.4) is 0 Å². The van der Waals surface area contributed by atoms with E-state index >= 15 is 0 Å². The quantitative estimate of drug-likeness (QED) is 0.522. The molecule has 0 aliphatic heterocycles. The Hall–Kier alpha value is -2.06. The van der Waals surface area contributed by atoms with Crippen molar-refractivity contribution in [1.82, 2.24) is 5.32 Å². The summed E-state index contributed by atoms with van der Waals surface area (Å²) in [5.41, 5.74) is 2.95. The average molecular weight is 483 g/mol. The number of carbonyl (C=O) groups excluding carboxylic acids is 1. The van der Waals surface area contributed by atoms with Gasteiger partial charge in [0.1, 0.15) is 12.4 Å². The van der Waals surface area contributed by atoms with Crippen LogP contribution in [0.5, 0.6) is 5.75 Å². The zero-order valence-corrected chi connectivity index (χ0v) is 19.3. The highest BCUT2D eigenvalue weighted by Gasteiger charge is 2.17. The van der Waals surface area contributed by atoms with E-state index in [1.54, 1.807) is 24.3 Å². The fourth-order valence-electron chi connectivity index (χ4n) is 2.73. The highest BCUT2D eigenvalue weighted by molar-refractivity contribution is 9.10. The summed E-state index contributed by atoms with van der Waals surface area (Å²) in [6, 6.07) is 12.9. The van der Waals surface area contributed by atoms with Crippen molar-refractivity contribution >= 4 is 37.5 Å². The van der Waals surface area contributed by atoms with Gasteiger partial charge in [0.15, 0.2) is 0 Å². The number of carbonyl (C=O) groups is 1. The molecule has 0 atom stereocenters. The monoisotopic (exact) mass is 482 g/mol. The lowest BCUT2D eigenvalue weighted by atomic mass is 10.1. The number of amides is 1. The first-order valence-corrected chi connectivity index (χ1v) is 12.0. The molecule has 1 N–H and O–H groups in total. The molecule has 0 heterocycles. The average Bonchev–Trinajstić information content (AvgIpc) is 2.65. The molecule has 0 aliphatic carbocycles. The second-order valence-electron chi connectivity index (χ2n) is 6.86. The molecule has 0 fully saturated rings. The van der Waals surface area contributed by atoms with Crippen LogP contribution >= 0.6 is 15.9 Å². The van der Waals surface area contributed by atoms with E-state index < -0.39 is 10.0 Å². The van der Waals surface area contributed by atoms with Crippen molar-refractivity contribution in [2.45, 2.75) is 26.7 Å². The van der Waals surface area contributed by atoms with Crippen LogP contribution in [0.25, 0.3) is 0 Å². The SMILES string of the molecule is Cc1ccc(OCCNC(=O)CCCN(c2ccc(Br)cc2)S(C)(=O)=O)cc1C. The number of anilines is 1. The molecule has 0 spiro atoms. The van der Waals surface area contributed by atoms with Gasteiger partial charge in [-0.1, -0.05) is 22.0 Å². The van der Waals surface area contributed by atoms with Crippen LogP contribution in [-0.2, 0) is 14.8 Å². The molecule has 0 bridgehead atoms. The lowest BCUT2D eigenvalue weighted by Gasteiger charge is -2.22. The Bertz CT molecular complexity index is 930. The Balaban J connectivity index is 1.74. The van der Waals surface area contributed by atoms with E-state index in [2.05, 4.69) is 21.2 Å². The Kier molecular flexibility index (Phi) is 8.52. The van der Waals surface area contributed by atoms with Gasteiger partial charge in [-0.25, -0.2) is 8.42 Å². The van der Waals surface area contributed by atoms with Crippen molar-refractivity contribution in [1.29, 1.82) is 0 Å². The maximum Gasteiger partial charge on any atom is 0.232 e. The van der Waals surface area contributed by atoms with E-state index in [0.29, 0.717) is 25.3 Å². The fourth-order valence-corrected chi connectivity index (χ4v) is 3.96. The van der Waals surface area contributed by atoms with E-state index in [9.17, 15) is 13.2 Å². The third-order valence-corrected chi connectivity index (χ3v) is 6.17. The minimum Gasteiger partial charge on any atom is -0.492 e. The number of hydrogen-bond acceptors (Lipinski definition) is 4. The van der Waals surface area contributed by atoms with Gasteiger partial charge in [0, 0.05) is 17.4 Å². The number of rotatable bonds is 10. The van der Waals surface area contributed by atoms with Crippen molar-refractivity contribution in [2.75, 3.05) is 30.3 Å². The second-order valence-corrected chi connectivity index (χ2v) is 9.68. The number of benzene rings is 2. The van der Waals surface area contributed by atoms with Crippen molar-refractivity contribution in [3.05, 3.63) is 58.1 Å². The molecule has 0 unspecified atom stereocenters. The molecule has 158 valence electrons. The minimum absolute atomic E-state index is 0.127.